The lowest BCUT2D eigenvalue weighted by atomic mass is 10.0. The van der Waals surface area contributed by atoms with Crippen LogP contribution in [0.15, 0.2) is 18.2 Å². The molecule has 18 heavy (non-hydrogen) atoms. The molecule has 0 amide bonds. The highest BCUT2D eigenvalue weighted by Gasteiger charge is 2.19. The van der Waals surface area contributed by atoms with Crippen molar-refractivity contribution in [3.63, 3.8) is 0 Å². The molecule has 98 valence electrons. The lowest BCUT2D eigenvalue weighted by Crippen LogP contribution is -2.46. The van der Waals surface area contributed by atoms with Gasteiger partial charge in [-0.1, -0.05) is 32.0 Å². The fourth-order valence-corrected chi connectivity index (χ4v) is 2.14. The molecule has 0 saturated carbocycles. The van der Waals surface area contributed by atoms with Crippen LogP contribution in [0.25, 0.3) is 0 Å². The third-order valence-corrected chi connectivity index (χ3v) is 3.23. The van der Waals surface area contributed by atoms with Gasteiger partial charge in [-0.05, 0) is 36.2 Å². The van der Waals surface area contributed by atoms with Gasteiger partial charge in [-0.25, -0.2) is 0 Å². The quantitative estimate of drug-likeness (QED) is 0.444. The first-order valence-electron chi connectivity index (χ1n) is 6.03. The molecule has 0 fully saturated rings. The zero-order chi connectivity index (χ0) is 13.7. The summed E-state index contributed by atoms with van der Waals surface area (Å²) in [6.07, 6.45) is 1.75. The van der Waals surface area contributed by atoms with Gasteiger partial charge < -0.3 is 11.1 Å². The molecule has 1 rings (SSSR count). The smallest absolute Gasteiger partial charge is 0.199 e. The summed E-state index contributed by atoms with van der Waals surface area (Å²) in [6.45, 7) is 4.16. The lowest BCUT2D eigenvalue weighted by molar-refractivity contribution is 1.05. The van der Waals surface area contributed by atoms with Crippen LogP contribution in [-0.2, 0) is 12.8 Å². The monoisotopic (exact) mass is 264 g/mol. The molecule has 0 spiro atoms. The van der Waals surface area contributed by atoms with Gasteiger partial charge in [0.15, 0.2) is 11.1 Å². The normalized spacial score (nSPS) is 9.94. The van der Waals surface area contributed by atoms with E-state index in [0.717, 1.165) is 29.7 Å². The third-order valence-electron chi connectivity index (χ3n) is 2.85. The average Bonchev–Trinajstić information content (AvgIpc) is 2.38. The maximum absolute atomic E-state index is 7.74. The van der Waals surface area contributed by atoms with Crippen LogP contribution in [0, 0.1) is 5.41 Å². The number of aryl methyl sites for hydroxylation is 2. The summed E-state index contributed by atoms with van der Waals surface area (Å²) >= 11 is 5.24. The molecule has 0 heterocycles. The topological polar surface area (TPSA) is 65.1 Å². The van der Waals surface area contributed by atoms with Crippen molar-refractivity contribution in [3.05, 3.63) is 29.3 Å². The number of thiocarbonyl (C=S) groups is 1. The molecule has 0 saturated heterocycles. The molecule has 0 radical (unpaired) electrons. The number of nitrogens with zero attached hydrogens (tertiary/aromatic N) is 1. The van der Waals surface area contributed by atoms with Crippen LogP contribution < -0.4 is 16.0 Å². The molecule has 0 aliphatic rings. The molecule has 1 aromatic carbocycles. The molecular weight excluding hydrogens is 244 g/mol. The summed E-state index contributed by atoms with van der Waals surface area (Å²) in [7, 11) is 1.73. The van der Waals surface area contributed by atoms with Crippen LogP contribution in [0.5, 0.6) is 0 Å². The first kappa shape index (κ1) is 14.4. The first-order valence-corrected chi connectivity index (χ1v) is 6.44. The Labute approximate surface area is 114 Å². The van der Waals surface area contributed by atoms with Crippen molar-refractivity contribution in [2.75, 3.05) is 11.9 Å². The number of para-hydroxylation sites is 1. The molecule has 4 N–H and O–H groups in total. The zero-order valence-corrected chi connectivity index (χ0v) is 11.9. The standard InChI is InChI=1S/C13H20N4S/c1-4-9-7-6-8-10(5-2)11(9)17(12(14)15)13(18)16-3/h6-8H,4-5H2,1-3H3,(H3,14,15)(H,16,18). The minimum atomic E-state index is -0.0649. The van der Waals surface area contributed by atoms with Crippen LogP contribution in [0.3, 0.4) is 0 Å². The van der Waals surface area contributed by atoms with Crippen molar-refractivity contribution in [2.45, 2.75) is 26.7 Å². The zero-order valence-electron chi connectivity index (χ0n) is 11.1. The van der Waals surface area contributed by atoms with Gasteiger partial charge in [0.25, 0.3) is 0 Å². The highest BCUT2D eigenvalue weighted by Crippen LogP contribution is 2.27. The van der Waals surface area contributed by atoms with Crippen molar-refractivity contribution in [2.24, 2.45) is 5.73 Å². The second-order valence-electron chi connectivity index (χ2n) is 3.91. The summed E-state index contributed by atoms with van der Waals surface area (Å²) in [6, 6.07) is 6.12. The molecule has 5 heteroatoms. The van der Waals surface area contributed by atoms with Gasteiger partial charge in [0.05, 0.1) is 5.69 Å². The molecule has 0 unspecified atom stereocenters. The Morgan fingerprint density at radius 2 is 1.83 bits per heavy atom. The van der Waals surface area contributed by atoms with Crippen LogP contribution in [0.4, 0.5) is 5.69 Å². The summed E-state index contributed by atoms with van der Waals surface area (Å²) in [5.41, 5.74) is 8.90. The summed E-state index contributed by atoms with van der Waals surface area (Å²) in [4.78, 5) is 1.59. The number of benzene rings is 1. The molecule has 1 aromatic rings. The molecule has 0 bridgehead atoms. The van der Waals surface area contributed by atoms with Crippen molar-refractivity contribution >= 4 is 29.0 Å². The van der Waals surface area contributed by atoms with Crippen LogP contribution >= 0.6 is 12.2 Å². The van der Waals surface area contributed by atoms with E-state index in [1.54, 1.807) is 11.9 Å². The second kappa shape index (κ2) is 6.35. The lowest BCUT2D eigenvalue weighted by Gasteiger charge is -2.27. The van der Waals surface area contributed by atoms with E-state index in [1.807, 2.05) is 18.2 Å². The Kier molecular flexibility index (Phi) is 5.09. The minimum Gasteiger partial charge on any atom is -0.369 e. The van der Waals surface area contributed by atoms with Crippen molar-refractivity contribution in [3.8, 4) is 0 Å². The van der Waals surface area contributed by atoms with E-state index >= 15 is 0 Å². The molecule has 0 atom stereocenters. The van der Waals surface area contributed by atoms with Gasteiger partial charge >= 0.3 is 0 Å². The predicted octanol–water partition coefficient (Wildman–Crippen LogP) is 2.02. The van der Waals surface area contributed by atoms with Crippen molar-refractivity contribution < 1.29 is 0 Å². The SMILES string of the molecule is CCc1cccc(CC)c1N(C(=N)N)C(=S)NC. The van der Waals surface area contributed by atoms with E-state index in [1.165, 1.54) is 0 Å². The Bertz CT molecular complexity index is 434. The van der Waals surface area contributed by atoms with Gasteiger partial charge in [-0.3, -0.25) is 10.3 Å². The van der Waals surface area contributed by atoms with Crippen molar-refractivity contribution in [1.29, 1.82) is 5.41 Å². The van der Waals surface area contributed by atoms with Gasteiger partial charge in [0.2, 0.25) is 0 Å². The number of hydrogen-bond donors (Lipinski definition) is 3. The Morgan fingerprint density at radius 3 is 2.17 bits per heavy atom. The maximum atomic E-state index is 7.74. The molecular formula is C13H20N4S. The summed E-state index contributed by atoms with van der Waals surface area (Å²) in [5, 5.41) is 11.1. The van der Waals surface area contributed by atoms with Gasteiger partial charge in [-0.2, -0.15) is 0 Å². The van der Waals surface area contributed by atoms with Gasteiger partial charge in [-0.15, -0.1) is 0 Å². The fraction of sp³-hybridized carbons (Fsp3) is 0.385. The Morgan fingerprint density at radius 1 is 1.33 bits per heavy atom. The van der Waals surface area contributed by atoms with Crippen LogP contribution in [-0.4, -0.2) is 18.1 Å². The molecule has 4 nitrogen and oxygen atoms in total. The number of rotatable bonds is 3. The number of nitrogens with two attached hydrogens (primary N) is 1. The predicted molar refractivity (Wildman–Crippen MR) is 81.2 cm³/mol. The van der Waals surface area contributed by atoms with E-state index in [4.69, 9.17) is 23.4 Å². The van der Waals surface area contributed by atoms with Crippen LogP contribution in [0.2, 0.25) is 0 Å². The second-order valence-corrected chi connectivity index (χ2v) is 4.29. The number of hydrogen-bond acceptors (Lipinski definition) is 2. The summed E-state index contributed by atoms with van der Waals surface area (Å²) in [5.74, 6) is -0.0649. The Hall–Kier alpha value is -1.62. The van der Waals surface area contributed by atoms with Crippen LogP contribution in [0.1, 0.15) is 25.0 Å². The van der Waals surface area contributed by atoms with Gasteiger partial charge in [0, 0.05) is 7.05 Å². The van der Waals surface area contributed by atoms with E-state index in [0.29, 0.717) is 5.11 Å². The van der Waals surface area contributed by atoms with Crippen molar-refractivity contribution in [1.82, 2.24) is 5.32 Å². The third kappa shape index (κ3) is 2.79. The first-order chi connectivity index (χ1) is 8.56. The number of anilines is 1. The molecule has 0 aliphatic carbocycles. The number of guanidine groups is 1. The minimum absolute atomic E-state index is 0.0649. The van der Waals surface area contributed by atoms with E-state index < -0.39 is 0 Å². The largest absolute Gasteiger partial charge is 0.369 e. The molecule has 0 aromatic heterocycles. The summed E-state index contributed by atoms with van der Waals surface area (Å²) < 4.78 is 0. The van der Waals surface area contributed by atoms with E-state index in [9.17, 15) is 0 Å². The molecule has 0 aliphatic heterocycles. The fourth-order valence-electron chi connectivity index (χ4n) is 1.95. The Balaban J connectivity index is 3.42. The van der Waals surface area contributed by atoms with Gasteiger partial charge in [0.1, 0.15) is 0 Å². The number of nitrogens with one attached hydrogen (secondary N) is 2. The highest BCUT2D eigenvalue weighted by molar-refractivity contribution is 7.80. The van der Waals surface area contributed by atoms with E-state index in [-0.39, 0.29) is 5.96 Å². The van der Waals surface area contributed by atoms with E-state index in [2.05, 4.69) is 19.2 Å². The highest BCUT2D eigenvalue weighted by atomic mass is 32.1. The average molecular weight is 264 g/mol. The maximum Gasteiger partial charge on any atom is 0.199 e.